The lowest BCUT2D eigenvalue weighted by molar-refractivity contribution is 0.0726. The molecule has 0 fully saturated rings. The molecule has 0 spiro atoms. The largest absolute Gasteiger partial charge is 0.334 e. The molecule has 2 aromatic rings. The monoisotopic (exact) mass is 361 g/mol. The molecule has 1 amide bonds. The van der Waals surface area contributed by atoms with E-state index in [4.69, 9.17) is 23.2 Å². The molecule has 0 aliphatic carbocycles. The van der Waals surface area contributed by atoms with Gasteiger partial charge in [-0.05, 0) is 23.6 Å². The number of fused-ring (bicyclic) bond motifs is 1. The number of halogens is 2. The minimum Gasteiger partial charge on any atom is -0.334 e. The van der Waals surface area contributed by atoms with E-state index in [1.807, 2.05) is 30.3 Å². The summed E-state index contributed by atoms with van der Waals surface area (Å²) in [7, 11) is 0. The second-order valence-corrected chi connectivity index (χ2v) is 6.60. The fraction of sp³-hybridized carbons (Fsp3) is 0.263. The molecule has 0 atom stereocenters. The van der Waals surface area contributed by atoms with Crippen molar-refractivity contribution in [2.45, 2.75) is 26.3 Å². The Morgan fingerprint density at radius 2 is 1.92 bits per heavy atom. The van der Waals surface area contributed by atoms with Crippen molar-refractivity contribution in [2.75, 3.05) is 6.54 Å². The van der Waals surface area contributed by atoms with Gasteiger partial charge in [-0.1, -0.05) is 60.5 Å². The van der Waals surface area contributed by atoms with Crippen LogP contribution in [0.5, 0.6) is 0 Å². The summed E-state index contributed by atoms with van der Waals surface area (Å²) >= 11 is 12.6. The summed E-state index contributed by atoms with van der Waals surface area (Å²) in [6, 6.07) is 11.4. The maximum absolute atomic E-state index is 12.8. The molecule has 1 heterocycles. The van der Waals surface area contributed by atoms with Crippen molar-refractivity contribution in [3.8, 4) is 0 Å². The van der Waals surface area contributed by atoms with Crippen LogP contribution in [0.4, 0.5) is 0 Å². The Morgan fingerprint density at radius 1 is 1.21 bits per heavy atom. The quantitative estimate of drug-likeness (QED) is 0.734. The number of nitrogens with zero attached hydrogens (tertiary/aromatic N) is 1. The number of carbonyl (C=O) groups is 2. The summed E-state index contributed by atoms with van der Waals surface area (Å²) in [6.45, 7) is 2.88. The molecule has 2 aromatic carbocycles. The molecule has 0 saturated carbocycles. The summed E-state index contributed by atoms with van der Waals surface area (Å²) in [4.78, 5) is 26.6. The van der Waals surface area contributed by atoms with Gasteiger partial charge in [0.1, 0.15) is 0 Å². The lowest BCUT2D eigenvalue weighted by atomic mass is 9.94. The average Bonchev–Trinajstić information content (AvgIpc) is 2.58. The van der Waals surface area contributed by atoms with E-state index < -0.39 is 0 Å². The second kappa shape index (κ2) is 6.96. The summed E-state index contributed by atoms with van der Waals surface area (Å²) in [6.07, 6.45) is 0.945. The number of benzene rings is 2. The molecule has 0 N–H and O–H groups in total. The van der Waals surface area contributed by atoms with Crippen molar-refractivity contribution in [2.24, 2.45) is 0 Å². The van der Waals surface area contributed by atoms with Gasteiger partial charge in [0.15, 0.2) is 5.78 Å². The summed E-state index contributed by atoms with van der Waals surface area (Å²) in [5.74, 6) is -0.202. The van der Waals surface area contributed by atoms with E-state index >= 15 is 0 Å². The van der Waals surface area contributed by atoms with Crippen molar-refractivity contribution >= 4 is 34.9 Å². The fourth-order valence-corrected chi connectivity index (χ4v) is 3.76. The minimum atomic E-state index is -0.105. The molecule has 24 heavy (non-hydrogen) atoms. The number of hydrogen-bond donors (Lipinski definition) is 0. The number of rotatable bonds is 4. The van der Waals surface area contributed by atoms with Crippen LogP contribution in [0, 0.1) is 0 Å². The topological polar surface area (TPSA) is 37.4 Å². The van der Waals surface area contributed by atoms with Gasteiger partial charge in [0.25, 0.3) is 5.91 Å². The molecule has 1 aliphatic heterocycles. The first-order valence-electron chi connectivity index (χ1n) is 7.90. The highest BCUT2D eigenvalue weighted by molar-refractivity contribution is 6.41. The van der Waals surface area contributed by atoms with Crippen LogP contribution in [0.3, 0.4) is 0 Å². The van der Waals surface area contributed by atoms with Crippen molar-refractivity contribution in [3.05, 3.63) is 68.7 Å². The molecule has 0 radical (unpaired) electrons. The van der Waals surface area contributed by atoms with Crippen LogP contribution in [-0.4, -0.2) is 23.1 Å². The van der Waals surface area contributed by atoms with Crippen molar-refractivity contribution in [1.82, 2.24) is 4.90 Å². The van der Waals surface area contributed by atoms with Crippen molar-refractivity contribution in [3.63, 3.8) is 0 Å². The molecule has 0 bridgehead atoms. The molecule has 0 unspecified atom stereocenters. The van der Waals surface area contributed by atoms with Crippen LogP contribution in [-0.2, 0) is 13.0 Å². The van der Waals surface area contributed by atoms with Crippen LogP contribution in [0.1, 0.15) is 45.2 Å². The lowest BCUT2D eigenvalue weighted by Crippen LogP contribution is -2.37. The third-order valence-electron chi connectivity index (χ3n) is 4.29. The molecule has 0 saturated heterocycles. The van der Waals surface area contributed by atoms with Gasteiger partial charge in [0.2, 0.25) is 0 Å². The summed E-state index contributed by atoms with van der Waals surface area (Å²) in [5, 5.41) is 0.581. The van der Waals surface area contributed by atoms with E-state index in [1.165, 1.54) is 0 Å². The number of hydrogen-bond acceptors (Lipinski definition) is 2. The molecule has 3 nitrogen and oxygen atoms in total. The smallest absolute Gasteiger partial charge is 0.254 e. The van der Waals surface area contributed by atoms with Crippen LogP contribution in [0.2, 0.25) is 10.0 Å². The van der Waals surface area contributed by atoms with Gasteiger partial charge in [-0.2, -0.15) is 0 Å². The Bertz CT molecular complexity index is 803. The highest BCUT2D eigenvalue weighted by atomic mass is 35.5. The maximum atomic E-state index is 12.8. The zero-order valence-corrected chi connectivity index (χ0v) is 14.8. The van der Waals surface area contributed by atoms with Crippen molar-refractivity contribution < 1.29 is 9.59 Å². The number of carbonyl (C=O) groups excluding carboxylic acids is 2. The van der Waals surface area contributed by atoms with E-state index in [0.717, 1.165) is 11.1 Å². The van der Waals surface area contributed by atoms with Gasteiger partial charge in [-0.25, -0.2) is 0 Å². The first-order valence-corrected chi connectivity index (χ1v) is 8.65. The molecule has 5 heteroatoms. The Hall–Kier alpha value is -1.84. The second-order valence-electron chi connectivity index (χ2n) is 5.81. The molecule has 124 valence electrons. The van der Waals surface area contributed by atoms with Gasteiger partial charge in [-0.15, -0.1) is 0 Å². The SMILES string of the molecule is CCC(=O)c1c(Cl)cc2c(c1Cl)CCN(Cc1ccccc1)C2=O. The van der Waals surface area contributed by atoms with Gasteiger partial charge in [-0.3, -0.25) is 9.59 Å². The first kappa shape index (κ1) is 17.0. The predicted octanol–water partition coefficient (Wildman–Crippen LogP) is 4.78. The van der Waals surface area contributed by atoms with E-state index in [9.17, 15) is 9.59 Å². The average molecular weight is 362 g/mol. The van der Waals surface area contributed by atoms with E-state index in [1.54, 1.807) is 17.9 Å². The molecule has 3 rings (SSSR count). The standard InChI is InChI=1S/C19H17Cl2NO2/c1-2-16(23)17-15(20)10-14-13(18(17)21)8-9-22(19(14)24)11-12-6-4-3-5-7-12/h3-7,10H,2,8-9,11H2,1H3. The Morgan fingerprint density at radius 3 is 2.58 bits per heavy atom. The number of amides is 1. The molecule has 1 aliphatic rings. The van der Waals surface area contributed by atoms with Gasteiger partial charge in [0.05, 0.1) is 15.6 Å². The first-order chi connectivity index (χ1) is 11.5. The van der Waals surface area contributed by atoms with Crippen molar-refractivity contribution in [1.29, 1.82) is 0 Å². The zero-order chi connectivity index (χ0) is 17.3. The van der Waals surface area contributed by atoms with E-state index in [-0.39, 0.29) is 16.7 Å². The number of Topliss-reactive ketones (excluding diaryl/α,β-unsaturated/α-hetero) is 1. The molecular formula is C19H17Cl2NO2. The van der Waals surface area contributed by atoms with Crippen LogP contribution >= 0.6 is 23.2 Å². The van der Waals surface area contributed by atoms with E-state index in [2.05, 4.69) is 0 Å². The molecule has 0 aromatic heterocycles. The Labute approximate surface area is 151 Å². The van der Waals surface area contributed by atoms with Gasteiger partial charge >= 0.3 is 0 Å². The Kier molecular flexibility index (Phi) is 4.93. The highest BCUT2D eigenvalue weighted by Gasteiger charge is 2.29. The third kappa shape index (κ3) is 3.06. The predicted molar refractivity (Wildman–Crippen MR) is 96.0 cm³/mol. The van der Waals surface area contributed by atoms with Gasteiger partial charge in [0, 0.05) is 25.1 Å². The lowest BCUT2D eigenvalue weighted by Gasteiger charge is -2.30. The summed E-state index contributed by atoms with van der Waals surface area (Å²) in [5.41, 5.74) is 2.64. The number of ketones is 1. The van der Waals surface area contributed by atoms with E-state index in [0.29, 0.717) is 42.1 Å². The van der Waals surface area contributed by atoms with Crippen LogP contribution in [0.25, 0.3) is 0 Å². The molecular weight excluding hydrogens is 345 g/mol. The van der Waals surface area contributed by atoms with Gasteiger partial charge < -0.3 is 4.90 Å². The Balaban J connectivity index is 1.95. The zero-order valence-electron chi connectivity index (χ0n) is 13.3. The maximum Gasteiger partial charge on any atom is 0.254 e. The highest BCUT2D eigenvalue weighted by Crippen LogP contribution is 2.35. The third-order valence-corrected chi connectivity index (χ3v) is 5.00. The summed E-state index contributed by atoms with van der Waals surface area (Å²) < 4.78 is 0. The van der Waals surface area contributed by atoms with Crippen LogP contribution < -0.4 is 0 Å². The normalized spacial score (nSPS) is 13.8. The minimum absolute atomic E-state index is 0.0978. The van der Waals surface area contributed by atoms with Crippen LogP contribution in [0.15, 0.2) is 36.4 Å². The fourth-order valence-electron chi connectivity index (χ4n) is 3.00.